The second kappa shape index (κ2) is 9.77. The molecule has 0 radical (unpaired) electrons. The number of hydrogen-bond donors (Lipinski definition) is 3. The smallest absolute Gasteiger partial charge is 0.337 e. The molecule has 1 saturated heterocycles. The van der Waals surface area contributed by atoms with Crippen LogP contribution in [-0.2, 0) is 9.84 Å². The van der Waals surface area contributed by atoms with Crippen molar-refractivity contribution >= 4 is 49.7 Å². The molecule has 0 unspecified atom stereocenters. The van der Waals surface area contributed by atoms with E-state index >= 15 is 0 Å². The van der Waals surface area contributed by atoms with Crippen LogP contribution in [0.2, 0.25) is 0 Å². The lowest BCUT2D eigenvalue weighted by atomic mass is 10.1. The number of aromatic carboxylic acids is 1. The summed E-state index contributed by atoms with van der Waals surface area (Å²) < 4.78 is 25.4. The molecule has 178 valence electrons. The van der Waals surface area contributed by atoms with Crippen molar-refractivity contribution in [2.75, 3.05) is 28.6 Å². The fourth-order valence-electron chi connectivity index (χ4n) is 3.60. The molecule has 3 aromatic rings. The van der Waals surface area contributed by atoms with Crippen molar-refractivity contribution in [2.24, 2.45) is 0 Å². The molecule has 0 aliphatic carbocycles. The van der Waals surface area contributed by atoms with Crippen molar-refractivity contribution in [3.63, 3.8) is 0 Å². The van der Waals surface area contributed by atoms with E-state index in [9.17, 15) is 18.0 Å². The number of rotatable bonds is 6. The third-order valence-electron chi connectivity index (χ3n) is 5.33. The van der Waals surface area contributed by atoms with E-state index in [4.69, 9.17) is 5.11 Å². The number of aromatic nitrogens is 2. The Kier molecular flexibility index (Phi) is 6.80. The van der Waals surface area contributed by atoms with E-state index in [-0.39, 0.29) is 19.9 Å². The number of hydrogen-bond acceptors (Lipinski definition) is 8. The summed E-state index contributed by atoms with van der Waals surface area (Å²) in [4.78, 5) is 33.6. The number of urea groups is 1. The highest BCUT2D eigenvalue weighted by Gasteiger charge is 2.24. The molecule has 1 fully saturated rings. The number of carbonyl (C=O) groups excluding carboxylic acids is 1. The van der Waals surface area contributed by atoms with Gasteiger partial charge in [0, 0.05) is 19.3 Å². The minimum Gasteiger partial charge on any atom is -0.478 e. The molecule has 1 aliphatic heterocycles. The van der Waals surface area contributed by atoms with Gasteiger partial charge in [-0.3, -0.25) is 5.32 Å². The summed E-state index contributed by atoms with van der Waals surface area (Å²) in [5.41, 5.74) is 2.58. The zero-order chi connectivity index (χ0) is 24.3. The first-order valence-corrected chi connectivity index (χ1v) is 12.9. The Balaban J connectivity index is 1.47. The van der Waals surface area contributed by atoms with E-state index in [1.807, 2.05) is 25.1 Å². The van der Waals surface area contributed by atoms with E-state index in [0.717, 1.165) is 73.0 Å². The maximum atomic E-state index is 12.8. The van der Waals surface area contributed by atoms with Crippen molar-refractivity contribution < 1.29 is 23.1 Å². The molecule has 2 aromatic heterocycles. The van der Waals surface area contributed by atoms with Crippen LogP contribution in [0.25, 0.3) is 0 Å². The van der Waals surface area contributed by atoms with Crippen LogP contribution in [0.4, 0.5) is 21.3 Å². The predicted octanol–water partition coefficient (Wildman–Crippen LogP) is 4.01. The molecule has 0 spiro atoms. The fourth-order valence-corrected chi connectivity index (χ4v) is 5.92. The maximum absolute atomic E-state index is 12.8. The van der Waals surface area contributed by atoms with Gasteiger partial charge in [-0.25, -0.2) is 28.0 Å². The van der Waals surface area contributed by atoms with Gasteiger partial charge < -0.3 is 15.3 Å². The number of carboxylic acids is 1. The highest BCUT2D eigenvalue weighted by Crippen LogP contribution is 2.31. The van der Waals surface area contributed by atoms with E-state index in [0.29, 0.717) is 5.69 Å². The number of anilines is 3. The number of piperidine rings is 1. The Morgan fingerprint density at radius 3 is 2.47 bits per heavy atom. The predicted molar refractivity (Wildman–Crippen MR) is 129 cm³/mol. The molecular formula is C22H23N5O5S2. The van der Waals surface area contributed by atoms with E-state index < -0.39 is 21.8 Å². The third kappa shape index (κ3) is 5.18. The quantitative estimate of drug-likeness (QED) is 0.460. The van der Waals surface area contributed by atoms with Crippen molar-refractivity contribution in [1.82, 2.24) is 9.97 Å². The molecule has 34 heavy (non-hydrogen) atoms. The number of carbonyl (C=O) groups is 2. The SMILES string of the molecule is Cc1ccc(NC(=O)Nc2ncc(S(=O)(=O)c3ccc(C(=O)O)cn3)s2)c(N2CCCCC2)c1. The van der Waals surface area contributed by atoms with Gasteiger partial charge in [0.2, 0.25) is 9.84 Å². The molecule has 2 amide bonds. The molecule has 0 atom stereocenters. The van der Waals surface area contributed by atoms with Gasteiger partial charge in [0.25, 0.3) is 0 Å². The van der Waals surface area contributed by atoms with Crippen LogP contribution < -0.4 is 15.5 Å². The summed E-state index contributed by atoms with van der Waals surface area (Å²) in [5, 5.41) is 14.2. The molecule has 1 aliphatic rings. The summed E-state index contributed by atoms with van der Waals surface area (Å²) in [6.07, 6.45) is 5.51. The average molecular weight is 502 g/mol. The van der Waals surface area contributed by atoms with Crippen LogP contribution in [0.1, 0.15) is 35.2 Å². The topological polar surface area (TPSA) is 142 Å². The molecule has 0 bridgehead atoms. The summed E-state index contributed by atoms with van der Waals surface area (Å²) >= 11 is 0.781. The molecule has 4 rings (SSSR count). The van der Waals surface area contributed by atoms with E-state index in [1.165, 1.54) is 6.42 Å². The number of thiazole rings is 1. The van der Waals surface area contributed by atoms with Crippen LogP contribution in [0.3, 0.4) is 0 Å². The fraction of sp³-hybridized carbons (Fsp3) is 0.273. The molecule has 10 nitrogen and oxygen atoms in total. The zero-order valence-corrected chi connectivity index (χ0v) is 19.9. The van der Waals surface area contributed by atoms with Gasteiger partial charge in [0.1, 0.15) is 4.21 Å². The van der Waals surface area contributed by atoms with Gasteiger partial charge in [-0.2, -0.15) is 0 Å². The van der Waals surface area contributed by atoms with Crippen LogP contribution in [-0.4, -0.2) is 48.6 Å². The average Bonchev–Trinajstić information content (AvgIpc) is 3.30. The number of sulfone groups is 1. The Bertz CT molecular complexity index is 1320. The number of carboxylic acid groups (broad SMARTS) is 1. The number of pyridine rings is 1. The van der Waals surface area contributed by atoms with Crippen molar-refractivity contribution in [1.29, 1.82) is 0 Å². The van der Waals surface area contributed by atoms with Gasteiger partial charge in [0.05, 0.1) is 23.1 Å². The van der Waals surface area contributed by atoms with Crippen LogP contribution in [0.15, 0.2) is 52.0 Å². The van der Waals surface area contributed by atoms with Crippen LogP contribution in [0.5, 0.6) is 0 Å². The lowest BCUT2D eigenvalue weighted by Crippen LogP contribution is -2.31. The van der Waals surface area contributed by atoms with Gasteiger partial charge in [0.15, 0.2) is 10.2 Å². The summed E-state index contributed by atoms with van der Waals surface area (Å²) in [7, 11) is -4.01. The van der Waals surface area contributed by atoms with Crippen LogP contribution in [0, 0.1) is 6.92 Å². The largest absolute Gasteiger partial charge is 0.478 e. The maximum Gasteiger partial charge on any atom is 0.337 e. The normalized spacial score (nSPS) is 14.0. The Hall–Kier alpha value is -3.51. The number of aryl methyl sites for hydroxylation is 1. The highest BCUT2D eigenvalue weighted by molar-refractivity contribution is 7.93. The van der Waals surface area contributed by atoms with E-state index in [2.05, 4.69) is 25.5 Å². The van der Waals surface area contributed by atoms with Crippen LogP contribution >= 0.6 is 11.3 Å². The zero-order valence-electron chi connectivity index (χ0n) is 18.3. The lowest BCUT2D eigenvalue weighted by Gasteiger charge is -2.30. The van der Waals surface area contributed by atoms with Gasteiger partial charge in [-0.05, 0) is 56.0 Å². The Morgan fingerprint density at radius 1 is 1.03 bits per heavy atom. The number of amides is 2. The number of benzene rings is 1. The number of nitrogens with one attached hydrogen (secondary N) is 2. The first kappa shape index (κ1) is 23.6. The Morgan fingerprint density at radius 2 is 1.79 bits per heavy atom. The Labute approximate surface area is 200 Å². The minimum atomic E-state index is -4.01. The minimum absolute atomic E-state index is 0.102. The molecule has 3 N–H and O–H groups in total. The molecule has 0 saturated carbocycles. The third-order valence-corrected chi connectivity index (χ3v) is 8.37. The highest BCUT2D eigenvalue weighted by atomic mass is 32.2. The first-order chi connectivity index (χ1) is 16.2. The van der Waals surface area contributed by atoms with Crippen molar-refractivity contribution in [3.05, 3.63) is 53.9 Å². The summed E-state index contributed by atoms with van der Waals surface area (Å²) in [6.45, 7) is 3.85. The first-order valence-electron chi connectivity index (χ1n) is 10.6. The van der Waals surface area contributed by atoms with E-state index in [1.54, 1.807) is 0 Å². The summed E-state index contributed by atoms with van der Waals surface area (Å²) in [6, 6.07) is 7.56. The second-order valence-corrected chi connectivity index (χ2v) is 11.0. The lowest BCUT2D eigenvalue weighted by molar-refractivity contribution is 0.0696. The molecule has 3 heterocycles. The molecule has 12 heteroatoms. The monoisotopic (exact) mass is 501 g/mol. The number of nitrogens with zero attached hydrogens (tertiary/aromatic N) is 3. The summed E-state index contributed by atoms with van der Waals surface area (Å²) in [5.74, 6) is -1.20. The van der Waals surface area contributed by atoms with Gasteiger partial charge in [-0.15, -0.1) is 0 Å². The van der Waals surface area contributed by atoms with Gasteiger partial charge in [-0.1, -0.05) is 17.4 Å². The second-order valence-electron chi connectivity index (χ2n) is 7.83. The molecule has 1 aromatic carbocycles. The van der Waals surface area contributed by atoms with Crippen molar-refractivity contribution in [3.8, 4) is 0 Å². The van der Waals surface area contributed by atoms with Crippen molar-refractivity contribution in [2.45, 2.75) is 35.4 Å². The molecular weight excluding hydrogens is 478 g/mol. The van der Waals surface area contributed by atoms with Gasteiger partial charge >= 0.3 is 12.0 Å². The standard InChI is InChI=1S/C22H23N5O5S2/c1-14-5-7-16(17(11-14)27-9-3-2-4-10-27)25-21(30)26-22-24-13-19(33-22)34(31,32)18-8-6-15(12-23-18)20(28)29/h5-8,11-13H,2-4,9-10H2,1H3,(H,28,29)(H2,24,25,26,30).